The first-order valence-corrected chi connectivity index (χ1v) is 7.89. The lowest BCUT2D eigenvalue weighted by atomic mass is 10.1. The van der Waals surface area contributed by atoms with Gasteiger partial charge >= 0.3 is 0 Å². The molecule has 110 valence electrons. The Balaban J connectivity index is 2.35. The minimum absolute atomic E-state index is 0.0192. The molecule has 1 rings (SSSR count). The molecule has 0 spiro atoms. The number of oxime groups is 1. The van der Waals surface area contributed by atoms with Crippen molar-refractivity contribution < 1.29 is 10.0 Å². The molecule has 0 heterocycles. The Morgan fingerprint density at radius 2 is 2.05 bits per heavy atom. The Morgan fingerprint density at radius 1 is 1.35 bits per heavy atom. The molecule has 0 aliphatic carbocycles. The summed E-state index contributed by atoms with van der Waals surface area (Å²) in [5, 5.41) is 14.4. The smallest absolute Gasteiger partial charge is 0.224 e. The van der Waals surface area contributed by atoms with Gasteiger partial charge in [-0.1, -0.05) is 29.4 Å². The van der Waals surface area contributed by atoms with Crippen LogP contribution in [0.3, 0.4) is 0 Å². The molecule has 0 fully saturated rings. The highest BCUT2D eigenvalue weighted by Gasteiger charge is 2.04. The largest absolute Gasteiger partial charge is 0.409 e. The van der Waals surface area contributed by atoms with Crippen molar-refractivity contribution >= 4 is 23.5 Å². The van der Waals surface area contributed by atoms with E-state index >= 15 is 0 Å². The second kappa shape index (κ2) is 9.25. The van der Waals surface area contributed by atoms with E-state index < -0.39 is 0 Å². The number of nitrogens with zero attached hydrogens (tertiary/aromatic N) is 1. The van der Waals surface area contributed by atoms with E-state index in [0.29, 0.717) is 12.0 Å². The third-order valence-corrected chi connectivity index (χ3v) is 3.52. The predicted octanol–water partition coefficient (Wildman–Crippen LogP) is 1.58. The van der Waals surface area contributed by atoms with Gasteiger partial charge in [-0.15, -0.1) is 0 Å². The summed E-state index contributed by atoms with van der Waals surface area (Å²) >= 11 is 1.82. The van der Waals surface area contributed by atoms with Gasteiger partial charge in [-0.05, 0) is 30.4 Å². The Labute approximate surface area is 123 Å². The van der Waals surface area contributed by atoms with Crippen LogP contribution in [0.5, 0.6) is 0 Å². The number of hydrogen-bond donors (Lipinski definition) is 3. The lowest BCUT2D eigenvalue weighted by molar-refractivity contribution is -0.120. The molecular weight excluding hydrogens is 274 g/mol. The summed E-state index contributed by atoms with van der Waals surface area (Å²) in [7, 11) is 0. The van der Waals surface area contributed by atoms with Crippen LogP contribution in [0, 0.1) is 0 Å². The van der Waals surface area contributed by atoms with Crippen LogP contribution in [0.15, 0.2) is 29.4 Å². The fourth-order valence-corrected chi connectivity index (χ4v) is 2.19. The van der Waals surface area contributed by atoms with Crippen LogP contribution in [0.4, 0.5) is 0 Å². The van der Waals surface area contributed by atoms with E-state index in [1.165, 1.54) is 0 Å². The number of amides is 1. The van der Waals surface area contributed by atoms with Gasteiger partial charge in [0.2, 0.25) is 5.91 Å². The summed E-state index contributed by atoms with van der Waals surface area (Å²) in [4.78, 5) is 11.7. The average molecular weight is 295 g/mol. The van der Waals surface area contributed by atoms with Gasteiger partial charge in [0.15, 0.2) is 5.84 Å². The second-order valence-corrected chi connectivity index (χ2v) is 5.39. The molecule has 1 aromatic carbocycles. The van der Waals surface area contributed by atoms with Crippen LogP contribution < -0.4 is 11.1 Å². The number of nitrogens with one attached hydrogen (secondary N) is 1. The summed E-state index contributed by atoms with van der Waals surface area (Å²) in [6, 6.07) is 7.08. The monoisotopic (exact) mass is 295 g/mol. The maximum atomic E-state index is 11.7. The van der Waals surface area contributed by atoms with Gasteiger partial charge in [-0.25, -0.2) is 0 Å². The molecule has 1 aromatic rings. The third kappa shape index (κ3) is 5.97. The highest BCUT2D eigenvalue weighted by molar-refractivity contribution is 7.98. The normalized spacial score (nSPS) is 11.3. The van der Waals surface area contributed by atoms with Crippen LogP contribution in [0.2, 0.25) is 0 Å². The maximum absolute atomic E-state index is 11.7. The number of hydrogen-bond acceptors (Lipinski definition) is 4. The van der Waals surface area contributed by atoms with E-state index in [1.54, 1.807) is 24.3 Å². The summed E-state index contributed by atoms with van der Waals surface area (Å²) in [5.74, 6) is 1.21. The van der Waals surface area contributed by atoms with Crippen molar-refractivity contribution in [1.82, 2.24) is 5.32 Å². The number of rotatable bonds is 8. The van der Waals surface area contributed by atoms with Crippen LogP contribution in [-0.2, 0) is 11.2 Å². The SMILES string of the molecule is CSCCCCNC(=O)Cc1ccc(/C(N)=N/O)cc1. The van der Waals surface area contributed by atoms with Gasteiger partial charge in [-0.3, -0.25) is 4.79 Å². The molecule has 0 atom stereocenters. The van der Waals surface area contributed by atoms with Gasteiger partial charge in [0.05, 0.1) is 6.42 Å². The Hall–Kier alpha value is -1.69. The zero-order valence-corrected chi connectivity index (χ0v) is 12.4. The van der Waals surface area contributed by atoms with E-state index in [9.17, 15) is 4.79 Å². The number of carbonyl (C=O) groups excluding carboxylic acids is 1. The summed E-state index contributed by atoms with van der Waals surface area (Å²) in [6.45, 7) is 0.724. The summed E-state index contributed by atoms with van der Waals surface area (Å²) < 4.78 is 0. The van der Waals surface area contributed by atoms with Gasteiger partial charge in [0, 0.05) is 12.1 Å². The fourth-order valence-electron chi connectivity index (χ4n) is 1.70. The number of amidine groups is 1. The standard InChI is InChI=1S/C14H21N3O2S/c1-20-9-3-2-8-16-13(18)10-11-4-6-12(7-5-11)14(15)17-19/h4-7,19H,2-3,8-10H2,1H3,(H2,15,17)(H,16,18). The number of carbonyl (C=O) groups is 1. The van der Waals surface area contributed by atoms with Gasteiger partial charge in [-0.2, -0.15) is 11.8 Å². The first kappa shape index (κ1) is 16.4. The molecule has 0 aromatic heterocycles. The van der Waals surface area contributed by atoms with E-state index in [1.807, 2.05) is 11.8 Å². The molecule has 5 nitrogen and oxygen atoms in total. The molecule has 0 aliphatic rings. The topological polar surface area (TPSA) is 87.7 Å². The van der Waals surface area contributed by atoms with Crippen LogP contribution >= 0.6 is 11.8 Å². The van der Waals surface area contributed by atoms with Crippen molar-refractivity contribution in [3.63, 3.8) is 0 Å². The van der Waals surface area contributed by atoms with Crippen molar-refractivity contribution in [1.29, 1.82) is 0 Å². The van der Waals surface area contributed by atoms with Crippen molar-refractivity contribution in [3.8, 4) is 0 Å². The van der Waals surface area contributed by atoms with Crippen LogP contribution in [0.1, 0.15) is 24.0 Å². The molecule has 20 heavy (non-hydrogen) atoms. The first-order chi connectivity index (χ1) is 9.67. The van der Waals surface area contributed by atoms with E-state index in [2.05, 4.69) is 16.7 Å². The fraction of sp³-hybridized carbons (Fsp3) is 0.429. The van der Waals surface area contributed by atoms with Gasteiger partial charge in [0.25, 0.3) is 0 Å². The highest BCUT2D eigenvalue weighted by Crippen LogP contribution is 2.05. The molecule has 1 amide bonds. The molecule has 0 aliphatic heterocycles. The summed E-state index contributed by atoms with van der Waals surface area (Å²) in [6.07, 6.45) is 4.56. The van der Waals surface area contributed by atoms with Crippen molar-refractivity contribution in [2.24, 2.45) is 10.9 Å². The van der Waals surface area contributed by atoms with Crippen LogP contribution in [-0.4, -0.2) is 35.5 Å². The lowest BCUT2D eigenvalue weighted by Crippen LogP contribution is -2.26. The predicted molar refractivity (Wildman–Crippen MR) is 83.3 cm³/mol. The summed E-state index contributed by atoms with van der Waals surface area (Å²) in [5.41, 5.74) is 7.01. The molecule has 6 heteroatoms. The molecule has 0 saturated heterocycles. The van der Waals surface area contributed by atoms with Crippen LogP contribution in [0.25, 0.3) is 0 Å². The zero-order chi connectivity index (χ0) is 14.8. The second-order valence-electron chi connectivity index (χ2n) is 4.41. The minimum atomic E-state index is 0.0192. The molecule has 0 saturated carbocycles. The zero-order valence-electron chi connectivity index (χ0n) is 11.6. The number of thioether (sulfide) groups is 1. The quantitative estimate of drug-likeness (QED) is 0.223. The number of unbranched alkanes of at least 4 members (excludes halogenated alkanes) is 1. The number of nitrogens with two attached hydrogens (primary N) is 1. The van der Waals surface area contributed by atoms with Gasteiger partial charge < -0.3 is 16.3 Å². The highest BCUT2D eigenvalue weighted by atomic mass is 32.2. The molecular formula is C14H21N3O2S. The average Bonchev–Trinajstić information content (AvgIpc) is 2.47. The third-order valence-electron chi connectivity index (χ3n) is 2.82. The van der Waals surface area contributed by atoms with Crippen molar-refractivity contribution in [2.45, 2.75) is 19.3 Å². The number of benzene rings is 1. The molecule has 0 unspecified atom stereocenters. The van der Waals surface area contributed by atoms with Crippen molar-refractivity contribution in [3.05, 3.63) is 35.4 Å². The molecule has 4 N–H and O–H groups in total. The van der Waals surface area contributed by atoms with E-state index in [0.717, 1.165) is 30.7 Å². The molecule has 0 radical (unpaired) electrons. The minimum Gasteiger partial charge on any atom is -0.409 e. The maximum Gasteiger partial charge on any atom is 0.224 e. The Bertz CT molecular complexity index is 446. The van der Waals surface area contributed by atoms with E-state index in [-0.39, 0.29) is 11.7 Å². The first-order valence-electron chi connectivity index (χ1n) is 6.50. The molecule has 0 bridgehead atoms. The van der Waals surface area contributed by atoms with E-state index in [4.69, 9.17) is 10.9 Å². The Morgan fingerprint density at radius 3 is 2.65 bits per heavy atom. The lowest BCUT2D eigenvalue weighted by Gasteiger charge is -2.06. The van der Waals surface area contributed by atoms with Crippen molar-refractivity contribution in [2.75, 3.05) is 18.6 Å². The Kier molecular flexibility index (Phi) is 7.57. The van der Waals surface area contributed by atoms with Gasteiger partial charge in [0.1, 0.15) is 0 Å².